The van der Waals surface area contributed by atoms with E-state index >= 15 is 0 Å². The average molecular weight is 416 g/mol. The van der Waals surface area contributed by atoms with Gasteiger partial charge in [-0.1, -0.05) is 31.2 Å². The van der Waals surface area contributed by atoms with Crippen molar-refractivity contribution in [3.63, 3.8) is 0 Å². The summed E-state index contributed by atoms with van der Waals surface area (Å²) in [6, 6.07) is 15.4. The van der Waals surface area contributed by atoms with E-state index in [4.69, 9.17) is 0 Å². The van der Waals surface area contributed by atoms with E-state index in [1.165, 1.54) is 11.1 Å². The highest BCUT2D eigenvalue weighted by Crippen LogP contribution is 2.22. The molecule has 0 saturated carbocycles. The average Bonchev–Trinajstić information content (AvgIpc) is 2.75. The Balaban J connectivity index is 0.00000300. The van der Waals surface area contributed by atoms with Gasteiger partial charge in [-0.2, -0.15) is 0 Å². The Morgan fingerprint density at radius 3 is 2.45 bits per heavy atom. The quantitative estimate of drug-likeness (QED) is 0.726. The van der Waals surface area contributed by atoms with Gasteiger partial charge in [-0.25, -0.2) is 0 Å². The summed E-state index contributed by atoms with van der Waals surface area (Å²) in [6.07, 6.45) is 1.95. The third-order valence-corrected chi connectivity index (χ3v) is 5.24. The first-order chi connectivity index (χ1) is 13.6. The number of hydrogen-bond acceptors (Lipinski definition) is 3. The summed E-state index contributed by atoms with van der Waals surface area (Å²) in [5, 5.41) is 6.49. The molecule has 1 atom stereocenters. The van der Waals surface area contributed by atoms with Gasteiger partial charge >= 0.3 is 0 Å². The Bertz CT molecular complexity index is 823. The number of hydrogen-bond donors (Lipinski definition) is 2. The largest absolute Gasteiger partial charge is 0.350 e. The van der Waals surface area contributed by atoms with Crippen molar-refractivity contribution in [2.24, 2.45) is 0 Å². The van der Waals surface area contributed by atoms with Gasteiger partial charge in [0.1, 0.15) is 0 Å². The first-order valence-electron chi connectivity index (χ1n) is 10.1. The Labute approximate surface area is 179 Å². The fraction of sp³-hybridized carbons (Fsp3) is 0.391. The molecule has 0 aliphatic carbocycles. The van der Waals surface area contributed by atoms with Gasteiger partial charge in [0, 0.05) is 36.8 Å². The number of amides is 2. The molecule has 0 bridgehead atoms. The molecule has 1 aliphatic rings. The summed E-state index contributed by atoms with van der Waals surface area (Å²) in [5.74, 6) is -0.107. The number of nitrogens with one attached hydrogen (secondary N) is 2. The fourth-order valence-electron chi connectivity index (χ4n) is 3.69. The molecule has 0 spiro atoms. The Morgan fingerprint density at radius 1 is 1.07 bits per heavy atom. The maximum Gasteiger partial charge on any atom is 0.253 e. The fourth-order valence-corrected chi connectivity index (χ4v) is 3.69. The minimum Gasteiger partial charge on any atom is -0.350 e. The minimum absolute atomic E-state index is 0. The van der Waals surface area contributed by atoms with Crippen LogP contribution in [-0.2, 0) is 6.42 Å². The molecule has 2 amide bonds. The summed E-state index contributed by atoms with van der Waals surface area (Å²) in [5.41, 5.74) is 3.79. The van der Waals surface area contributed by atoms with Crippen molar-refractivity contribution in [2.75, 3.05) is 26.2 Å². The first-order valence-corrected chi connectivity index (χ1v) is 10.1. The zero-order valence-electron chi connectivity index (χ0n) is 17.1. The third kappa shape index (κ3) is 5.58. The lowest BCUT2D eigenvalue weighted by molar-refractivity contribution is 0.0763. The van der Waals surface area contributed by atoms with Crippen LogP contribution < -0.4 is 10.6 Å². The molecule has 1 aliphatic heterocycles. The molecule has 0 radical (unpaired) electrons. The molecule has 29 heavy (non-hydrogen) atoms. The Hall–Kier alpha value is -2.37. The molecule has 2 N–H and O–H groups in total. The number of carbonyl (C=O) groups is 2. The van der Waals surface area contributed by atoms with Gasteiger partial charge in [-0.05, 0) is 61.7 Å². The standard InChI is InChI=1S/C23H29N3O2.ClH/c1-3-15-26(4-2)23(28)19-11-9-18(10-12-19)22(27)25-16-21-20-8-6-5-7-17(20)13-14-24-21;/h5-12,21,24H,3-4,13-16H2,1-2H3,(H,25,27);1H. The van der Waals surface area contributed by atoms with E-state index in [1.807, 2.05) is 17.9 Å². The van der Waals surface area contributed by atoms with Gasteiger partial charge in [0.15, 0.2) is 0 Å². The number of rotatable bonds is 7. The van der Waals surface area contributed by atoms with E-state index in [9.17, 15) is 9.59 Å². The lowest BCUT2D eigenvalue weighted by Gasteiger charge is -2.27. The molecular weight excluding hydrogens is 386 g/mol. The molecule has 5 nitrogen and oxygen atoms in total. The van der Waals surface area contributed by atoms with Crippen LogP contribution in [0.25, 0.3) is 0 Å². The molecule has 0 saturated heterocycles. The first kappa shape index (κ1) is 22.9. The van der Waals surface area contributed by atoms with Crippen LogP contribution in [0.15, 0.2) is 48.5 Å². The molecular formula is C23H30ClN3O2. The predicted octanol–water partition coefficient (Wildman–Crippen LogP) is 3.60. The highest BCUT2D eigenvalue weighted by molar-refractivity contribution is 5.97. The van der Waals surface area contributed by atoms with Gasteiger partial charge in [-0.15, -0.1) is 12.4 Å². The molecule has 1 unspecified atom stereocenters. The van der Waals surface area contributed by atoms with Crippen molar-refractivity contribution in [3.8, 4) is 0 Å². The summed E-state index contributed by atoms with van der Waals surface area (Å²) in [4.78, 5) is 26.9. The zero-order chi connectivity index (χ0) is 19.9. The van der Waals surface area contributed by atoms with Gasteiger partial charge in [0.25, 0.3) is 11.8 Å². The summed E-state index contributed by atoms with van der Waals surface area (Å²) < 4.78 is 0. The van der Waals surface area contributed by atoms with Crippen molar-refractivity contribution in [1.82, 2.24) is 15.5 Å². The summed E-state index contributed by atoms with van der Waals surface area (Å²) in [6.45, 7) is 6.92. The zero-order valence-corrected chi connectivity index (χ0v) is 17.9. The minimum atomic E-state index is -0.121. The van der Waals surface area contributed by atoms with E-state index in [0.29, 0.717) is 24.2 Å². The second kappa shape index (κ2) is 11.0. The maximum atomic E-state index is 12.5. The lowest BCUT2D eigenvalue weighted by Crippen LogP contribution is -2.38. The number of fused-ring (bicyclic) bond motifs is 1. The topological polar surface area (TPSA) is 61.4 Å². The molecule has 156 valence electrons. The Kier molecular flexibility index (Phi) is 8.68. The van der Waals surface area contributed by atoms with E-state index in [1.54, 1.807) is 24.3 Å². The monoisotopic (exact) mass is 415 g/mol. The number of benzene rings is 2. The van der Waals surface area contributed by atoms with E-state index < -0.39 is 0 Å². The summed E-state index contributed by atoms with van der Waals surface area (Å²) in [7, 11) is 0. The lowest BCUT2D eigenvalue weighted by atomic mass is 9.94. The van der Waals surface area contributed by atoms with Gasteiger partial charge < -0.3 is 15.5 Å². The van der Waals surface area contributed by atoms with Gasteiger partial charge in [0.2, 0.25) is 0 Å². The molecule has 2 aromatic rings. The van der Waals surface area contributed by atoms with Crippen molar-refractivity contribution < 1.29 is 9.59 Å². The van der Waals surface area contributed by atoms with E-state index in [0.717, 1.165) is 25.9 Å². The smallest absolute Gasteiger partial charge is 0.253 e. The number of nitrogens with zero attached hydrogens (tertiary/aromatic N) is 1. The van der Waals surface area contributed by atoms with Crippen LogP contribution in [0.2, 0.25) is 0 Å². The van der Waals surface area contributed by atoms with E-state index in [-0.39, 0.29) is 30.3 Å². The predicted molar refractivity (Wildman–Crippen MR) is 119 cm³/mol. The molecule has 0 aromatic heterocycles. The van der Waals surface area contributed by atoms with Crippen LogP contribution in [0.3, 0.4) is 0 Å². The SMILES string of the molecule is CCCN(CC)C(=O)c1ccc(C(=O)NCC2NCCc3ccccc32)cc1.Cl. The molecule has 2 aromatic carbocycles. The van der Waals surface area contributed by atoms with Crippen LogP contribution in [0, 0.1) is 0 Å². The normalized spacial score (nSPS) is 15.0. The summed E-state index contributed by atoms with van der Waals surface area (Å²) >= 11 is 0. The molecule has 3 rings (SSSR count). The second-order valence-corrected chi connectivity index (χ2v) is 7.13. The van der Waals surface area contributed by atoms with Crippen LogP contribution in [-0.4, -0.2) is 42.9 Å². The van der Waals surface area contributed by atoms with Crippen molar-refractivity contribution in [2.45, 2.75) is 32.7 Å². The van der Waals surface area contributed by atoms with Gasteiger partial charge in [0.05, 0.1) is 0 Å². The van der Waals surface area contributed by atoms with E-state index in [2.05, 4.69) is 35.8 Å². The molecule has 0 fully saturated rings. The Morgan fingerprint density at radius 2 is 1.76 bits per heavy atom. The van der Waals surface area contributed by atoms with Crippen LogP contribution in [0.1, 0.15) is 58.2 Å². The van der Waals surface area contributed by atoms with Gasteiger partial charge in [-0.3, -0.25) is 9.59 Å². The number of carbonyl (C=O) groups excluding carboxylic acids is 2. The highest BCUT2D eigenvalue weighted by atomic mass is 35.5. The maximum absolute atomic E-state index is 12.5. The van der Waals surface area contributed by atoms with Crippen LogP contribution in [0.4, 0.5) is 0 Å². The molecule has 6 heteroatoms. The second-order valence-electron chi connectivity index (χ2n) is 7.13. The number of halogens is 1. The van der Waals surface area contributed by atoms with Crippen molar-refractivity contribution in [3.05, 3.63) is 70.8 Å². The van der Waals surface area contributed by atoms with Crippen molar-refractivity contribution in [1.29, 1.82) is 0 Å². The highest BCUT2D eigenvalue weighted by Gasteiger charge is 2.20. The van der Waals surface area contributed by atoms with Crippen LogP contribution in [0.5, 0.6) is 0 Å². The van der Waals surface area contributed by atoms with Crippen LogP contribution >= 0.6 is 12.4 Å². The van der Waals surface area contributed by atoms with Crippen molar-refractivity contribution >= 4 is 24.2 Å². The third-order valence-electron chi connectivity index (χ3n) is 5.24. The molecule has 1 heterocycles.